The Hall–Kier alpha value is -3.17. The van der Waals surface area contributed by atoms with E-state index >= 15 is 0 Å². The predicted octanol–water partition coefficient (Wildman–Crippen LogP) is 2.05. The van der Waals surface area contributed by atoms with Gasteiger partial charge in [-0.1, -0.05) is 19.9 Å². The molecule has 1 aliphatic heterocycles. The van der Waals surface area contributed by atoms with Gasteiger partial charge in [-0.2, -0.15) is 0 Å². The summed E-state index contributed by atoms with van der Waals surface area (Å²) in [4.78, 5) is 40.0. The number of aliphatic hydroxyl groups is 3. The molecule has 1 aromatic rings. The van der Waals surface area contributed by atoms with E-state index in [0.717, 1.165) is 31.5 Å². The molecule has 2 fully saturated rings. The molecule has 0 bridgehead atoms. The second-order valence-electron chi connectivity index (χ2n) is 11.5. The maximum absolute atomic E-state index is 13.5. The Labute approximate surface area is 208 Å². The van der Waals surface area contributed by atoms with Gasteiger partial charge < -0.3 is 26.2 Å². The molecular weight excluding hydrogens is 464 g/mol. The van der Waals surface area contributed by atoms with Gasteiger partial charge in [0.2, 0.25) is 5.78 Å². The summed E-state index contributed by atoms with van der Waals surface area (Å²) in [7, 11) is 0. The zero-order valence-electron chi connectivity index (χ0n) is 20.5. The Kier molecular flexibility index (Phi) is 5.57. The van der Waals surface area contributed by atoms with Gasteiger partial charge in [-0.3, -0.25) is 19.3 Å². The molecule has 1 unspecified atom stereocenters. The SMILES string of the molecule is CC1(C)CCN(Cc2cc(O)c3c(c2)CC2C[C@H]4CC(=O)C(C(N)=O)=C(O)[C@@]4(O)C(=O)C2=C3O)CC1. The lowest BCUT2D eigenvalue weighted by molar-refractivity contribution is -0.147. The van der Waals surface area contributed by atoms with E-state index in [1.54, 1.807) is 6.07 Å². The zero-order chi connectivity index (χ0) is 26.2. The number of nitrogens with zero attached hydrogens (tertiary/aromatic N) is 1. The lowest BCUT2D eigenvalue weighted by Gasteiger charge is -2.46. The van der Waals surface area contributed by atoms with Crippen LogP contribution in [0.25, 0.3) is 5.76 Å². The van der Waals surface area contributed by atoms with Crippen LogP contribution in [0.2, 0.25) is 0 Å². The number of phenolic OH excluding ortho intramolecular Hbond substituents is 1. The minimum absolute atomic E-state index is 0.118. The van der Waals surface area contributed by atoms with E-state index in [-0.39, 0.29) is 29.7 Å². The Morgan fingerprint density at radius 2 is 1.78 bits per heavy atom. The minimum atomic E-state index is -2.53. The third kappa shape index (κ3) is 3.64. The Morgan fingerprint density at radius 3 is 2.42 bits per heavy atom. The number of aromatic hydroxyl groups is 1. The van der Waals surface area contributed by atoms with Crippen LogP contribution in [0.4, 0.5) is 0 Å². The molecule has 6 N–H and O–H groups in total. The number of hydrogen-bond donors (Lipinski definition) is 5. The number of primary amides is 1. The predicted molar refractivity (Wildman–Crippen MR) is 130 cm³/mol. The van der Waals surface area contributed by atoms with Gasteiger partial charge in [-0.25, -0.2) is 0 Å². The van der Waals surface area contributed by atoms with E-state index in [4.69, 9.17) is 5.73 Å². The highest BCUT2D eigenvalue weighted by molar-refractivity contribution is 6.22. The Bertz CT molecular complexity index is 1250. The average Bonchev–Trinajstić information content (AvgIpc) is 2.77. The fourth-order valence-electron chi connectivity index (χ4n) is 6.38. The number of aliphatic hydroxyl groups excluding tert-OH is 2. The van der Waals surface area contributed by atoms with Crippen LogP contribution in [-0.2, 0) is 27.3 Å². The number of nitrogens with two attached hydrogens (primary N) is 1. The number of phenols is 1. The molecule has 0 radical (unpaired) electrons. The number of hydrogen-bond acceptors (Lipinski definition) is 8. The van der Waals surface area contributed by atoms with Crippen molar-refractivity contribution in [3.05, 3.63) is 45.7 Å². The van der Waals surface area contributed by atoms with Crippen LogP contribution in [0.1, 0.15) is 56.2 Å². The number of ketones is 2. The van der Waals surface area contributed by atoms with Crippen molar-refractivity contribution in [2.24, 2.45) is 23.0 Å². The fraction of sp³-hybridized carbons (Fsp3) is 0.519. The number of rotatable bonds is 3. The number of benzene rings is 1. The van der Waals surface area contributed by atoms with Crippen LogP contribution in [0.5, 0.6) is 5.75 Å². The summed E-state index contributed by atoms with van der Waals surface area (Å²) in [5, 5.41) is 43.8. The molecule has 5 rings (SSSR count). The van der Waals surface area contributed by atoms with Crippen molar-refractivity contribution in [1.29, 1.82) is 0 Å². The van der Waals surface area contributed by atoms with Crippen LogP contribution >= 0.6 is 0 Å². The number of piperidine rings is 1. The number of fused-ring (bicyclic) bond motifs is 3. The summed E-state index contributed by atoms with van der Waals surface area (Å²) >= 11 is 0. The van der Waals surface area contributed by atoms with Gasteiger partial charge in [-0.05, 0) is 67.3 Å². The lowest BCUT2D eigenvalue weighted by atomic mass is 9.59. The normalized spacial score (nSPS) is 30.1. The molecule has 3 atom stereocenters. The number of Topliss-reactive ketones (excluding diaryl/α,β-unsaturated/α-hetero) is 2. The van der Waals surface area contributed by atoms with Gasteiger partial charge >= 0.3 is 0 Å². The van der Waals surface area contributed by atoms with E-state index < -0.39 is 52.0 Å². The molecule has 36 heavy (non-hydrogen) atoms. The van der Waals surface area contributed by atoms with Gasteiger partial charge in [0, 0.05) is 24.5 Å². The largest absolute Gasteiger partial charge is 0.508 e. The maximum atomic E-state index is 13.5. The van der Waals surface area contributed by atoms with Crippen molar-refractivity contribution < 1.29 is 34.8 Å². The van der Waals surface area contributed by atoms with Crippen molar-refractivity contribution in [3.63, 3.8) is 0 Å². The van der Waals surface area contributed by atoms with Gasteiger partial charge in [0.05, 0.1) is 5.56 Å². The first-order valence-electron chi connectivity index (χ1n) is 12.4. The summed E-state index contributed by atoms with van der Waals surface area (Å²) in [6.07, 6.45) is 2.31. The molecule has 192 valence electrons. The van der Waals surface area contributed by atoms with Gasteiger partial charge in [0.25, 0.3) is 5.91 Å². The molecule has 3 aliphatic carbocycles. The molecule has 0 aromatic heterocycles. The van der Waals surface area contributed by atoms with Crippen molar-refractivity contribution >= 4 is 23.2 Å². The first-order valence-corrected chi connectivity index (χ1v) is 12.4. The van der Waals surface area contributed by atoms with E-state index in [2.05, 4.69) is 18.7 Å². The van der Waals surface area contributed by atoms with E-state index in [9.17, 15) is 34.8 Å². The second kappa shape index (κ2) is 8.18. The summed E-state index contributed by atoms with van der Waals surface area (Å²) < 4.78 is 0. The second-order valence-corrected chi connectivity index (χ2v) is 11.5. The van der Waals surface area contributed by atoms with Crippen LogP contribution in [0.3, 0.4) is 0 Å². The highest BCUT2D eigenvalue weighted by atomic mass is 16.3. The number of carbonyl (C=O) groups is 3. The molecule has 4 aliphatic rings. The van der Waals surface area contributed by atoms with Gasteiger partial charge in [0.1, 0.15) is 22.8 Å². The quantitative estimate of drug-likeness (QED) is 0.397. The van der Waals surface area contributed by atoms with E-state index in [1.807, 2.05) is 6.07 Å². The summed E-state index contributed by atoms with van der Waals surface area (Å²) in [6.45, 7) is 7.09. The molecule has 0 spiro atoms. The minimum Gasteiger partial charge on any atom is -0.508 e. The third-order valence-corrected chi connectivity index (χ3v) is 8.55. The Balaban J connectivity index is 1.51. The first-order chi connectivity index (χ1) is 16.8. The summed E-state index contributed by atoms with van der Waals surface area (Å²) in [5.41, 5.74) is 3.81. The maximum Gasteiger partial charge on any atom is 0.255 e. The highest BCUT2D eigenvalue weighted by Gasteiger charge is 2.60. The monoisotopic (exact) mass is 496 g/mol. The molecule has 9 nitrogen and oxygen atoms in total. The third-order valence-electron chi connectivity index (χ3n) is 8.55. The van der Waals surface area contributed by atoms with E-state index in [0.29, 0.717) is 23.9 Å². The molecule has 1 heterocycles. The standard InChI is InChI=1S/C27H32N2O7/c1-26(2)3-5-29(6-4-26)12-13-7-14-9-15-10-16-11-18(31)21(25(28)35)24(34)27(16,36)23(33)20(15)22(32)19(14)17(30)8-13/h7-8,15-16,30,32,34,36H,3-6,9-12H2,1-2H3,(H2,28,35)/t15?,16-,27-/m0/s1. The molecule has 1 saturated carbocycles. The molecule has 1 amide bonds. The lowest BCUT2D eigenvalue weighted by Crippen LogP contribution is -2.58. The Morgan fingerprint density at radius 1 is 1.11 bits per heavy atom. The molecule has 1 saturated heterocycles. The molecule has 9 heteroatoms. The molecular formula is C27H32N2O7. The van der Waals surface area contributed by atoms with E-state index in [1.165, 1.54) is 0 Å². The van der Waals surface area contributed by atoms with Crippen LogP contribution in [0.15, 0.2) is 29.0 Å². The number of carbonyl (C=O) groups excluding carboxylic acids is 3. The van der Waals surface area contributed by atoms with Gasteiger partial charge in [0.15, 0.2) is 11.4 Å². The number of likely N-dealkylation sites (tertiary alicyclic amines) is 1. The smallest absolute Gasteiger partial charge is 0.255 e. The zero-order valence-corrected chi connectivity index (χ0v) is 20.5. The topological polar surface area (TPSA) is 161 Å². The van der Waals surface area contributed by atoms with Crippen LogP contribution in [0, 0.1) is 17.3 Å². The fourth-order valence-corrected chi connectivity index (χ4v) is 6.38. The van der Waals surface area contributed by atoms with Crippen molar-refractivity contribution in [2.75, 3.05) is 13.1 Å². The van der Waals surface area contributed by atoms with Crippen molar-refractivity contribution in [2.45, 2.75) is 58.1 Å². The van der Waals surface area contributed by atoms with Crippen molar-refractivity contribution in [1.82, 2.24) is 4.90 Å². The average molecular weight is 497 g/mol. The highest BCUT2D eigenvalue weighted by Crippen LogP contribution is 2.52. The summed E-state index contributed by atoms with van der Waals surface area (Å²) in [6, 6.07) is 3.52. The summed E-state index contributed by atoms with van der Waals surface area (Å²) in [5.74, 6) is -6.08. The first kappa shape index (κ1) is 24.5. The van der Waals surface area contributed by atoms with Crippen molar-refractivity contribution in [3.8, 4) is 5.75 Å². The molecule has 1 aromatic carbocycles. The number of amides is 1. The van der Waals surface area contributed by atoms with Gasteiger partial charge in [-0.15, -0.1) is 0 Å². The van der Waals surface area contributed by atoms with Crippen LogP contribution < -0.4 is 5.73 Å². The van der Waals surface area contributed by atoms with Crippen LogP contribution in [-0.4, -0.2) is 61.5 Å².